The van der Waals surface area contributed by atoms with Crippen LogP contribution in [0.25, 0.3) is 0 Å². The maximum Gasteiger partial charge on any atom is -0.147 e. The quantitative estimate of drug-likeness (QED) is 0.251. The fourth-order valence-electron chi connectivity index (χ4n) is 2.28. The number of halogens is 1. The zero-order chi connectivity index (χ0) is 15.2. The molecule has 2 rings (SSSR count). The van der Waals surface area contributed by atoms with Gasteiger partial charge >= 0.3 is 140 Å². The molecule has 0 aliphatic heterocycles. The standard InChI is InChI=1S/2C7H7.CH4N4S.ClH.Hg/c2*1-7-5-3-2-4-6-7;2-4-1(6)5-3;;/h2*3-6H,1H3;(H4,2,3,4,5,6);1H;/q;;;;+1/p-1. The topological polar surface area (TPSA) is 60.3 Å². The third kappa shape index (κ3) is 5.39. The molecule has 0 fully saturated rings. The molecule has 4 nitrogen and oxygen atoms in total. The van der Waals surface area contributed by atoms with Crippen LogP contribution >= 0.6 is 24.6 Å². The molecule has 2 aromatic carbocycles. The van der Waals surface area contributed by atoms with Gasteiger partial charge in [-0.1, -0.05) is 0 Å². The fraction of sp³-hybridized carbons (Fsp3) is 0.133. The van der Waals surface area contributed by atoms with E-state index in [1.165, 1.54) is 17.3 Å². The van der Waals surface area contributed by atoms with Crippen molar-refractivity contribution in [2.24, 2.45) is 5.11 Å². The summed E-state index contributed by atoms with van der Waals surface area (Å²) in [6.07, 6.45) is 0. The van der Waals surface area contributed by atoms with E-state index in [0.29, 0.717) is 0 Å². The number of nitrogens with zero attached hydrogens (tertiary/aromatic N) is 1. The largest absolute Gasteiger partial charge is 0.147 e. The summed E-state index contributed by atoms with van der Waals surface area (Å²) in [7, 11) is 0. The molecule has 3 N–H and O–H groups in total. The second-order valence-electron chi connectivity index (χ2n) is 5.22. The van der Waals surface area contributed by atoms with E-state index in [0.717, 1.165) is 0 Å². The van der Waals surface area contributed by atoms with Gasteiger partial charge in [0.2, 0.25) is 0 Å². The van der Waals surface area contributed by atoms with E-state index in [-0.39, 0.29) is 17.5 Å². The molecule has 2 aromatic rings. The Kier molecular flexibility index (Phi) is 8.10. The monoisotopic (exact) mass is 523 g/mol. The van der Waals surface area contributed by atoms with Crippen molar-refractivity contribution in [1.82, 2.24) is 8.62 Å². The zero-order valence-electron chi connectivity index (χ0n) is 12.6. The van der Waals surface area contributed by atoms with Gasteiger partial charge in [0.1, 0.15) is 0 Å². The van der Waals surface area contributed by atoms with Crippen LogP contribution in [0.15, 0.2) is 53.6 Å². The molecule has 0 unspecified atom stereocenters. The molecule has 0 aliphatic rings. The number of thiocarbonyl (C=S) groups is 1. The van der Waals surface area contributed by atoms with Crippen LogP contribution < -0.4 is 14.8 Å². The molecule has 22 heavy (non-hydrogen) atoms. The molecule has 0 saturated heterocycles. The van der Waals surface area contributed by atoms with Crippen molar-refractivity contribution in [2.45, 2.75) is 13.8 Å². The second kappa shape index (κ2) is 9.30. The van der Waals surface area contributed by atoms with Crippen LogP contribution in [0.5, 0.6) is 0 Å². The van der Waals surface area contributed by atoms with Crippen molar-refractivity contribution in [3.8, 4) is 0 Å². The van der Waals surface area contributed by atoms with Crippen LogP contribution in [0.1, 0.15) is 11.1 Å². The van der Waals surface area contributed by atoms with Crippen LogP contribution in [0, 0.1) is 19.4 Å². The van der Waals surface area contributed by atoms with Gasteiger partial charge in [0, 0.05) is 0 Å². The van der Waals surface area contributed by atoms with Gasteiger partial charge in [-0.15, -0.1) is 12.4 Å². The van der Waals surface area contributed by atoms with E-state index in [1.54, 1.807) is 0 Å². The number of hydrogen-bond donors (Lipinski definition) is 3. The molecule has 0 bridgehead atoms. The Labute approximate surface area is 151 Å². The molecule has 113 valence electrons. The number of aryl methyl sites for hydroxylation is 2. The first-order valence-corrected chi connectivity index (χ1v) is 15.5. The average molecular weight is 522 g/mol. The molecule has 0 heterocycles. The Morgan fingerprint density at radius 2 is 1.36 bits per heavy atom. The van der Waals surface area contributed by atoms with Gasteiger partial charge in [0.05, 0.1) is 0 Å². The maximum absolute atomic E-state index is 6.93. The van der Waals surface area contributed by atoms with Crippen LogP contribution in [-0.2, 0) is 23.3 Å². The van der Waals surface area contributed by atoms with Gasteiger partial charge in [-0.2, -0.15) is 0 Å². The van der Waals surface area contributed by atoms with E-state index in [1.807, 2.05) is 0 Å². The molecule has 0 saturated carbocycles. The van der Waals surface area contributed by atoms with Crippen molar-refractivity contribution in [3.63, 3.8) is 0 Å². The predicted molar refractivity (Wildman–Crippen MR) is 92.9 cm³/mol. The summed E-state index contributed by atoms with van der Waals surface area (Å²) in [6.45, 7) is 4.17. The van der Waals surface area contributed by atoms with Crippen molar-refractivity contribution in [2.75, 3.05) is 0 Å². The summed E-state index contributed by atoms with van der Waals surface area (Å²) in [5.74, 6) is 0. The molecule has 0 amide bonds. The normalized spacial score (nSPS) is 9.55. The van der Waals surface area contributed by atoms with Crippen molar-refractivity contribution < 1.29 is 23.3 Å². The summed E-state index contributed by atoms with van der Waals surface area (Å²) in [6, 6.07) is 17.3. The summed E-state index contributed by atoms with van der Waals surface area (Å²) in [4.78, 5) is 0. The van der Waals surface area contributed by atoms with E-state index in [2.05, 4.69) is 76.1 Å². The Morgan fingerprint density at radius 3 is 1.73 bits per heavy atom. The van der Waals surface area contributed by atoms with Crippen molar-refractivity contribution >= 4 is 35.9 Å². The Morgan fingerprint density at radius 1 is 0.955 bits per heavy atom. The molecule has 0 spiro atoms. The number of hydrogen-bond acceptors (Lipinski definition) is 3. The number of hydrazine groups is 1. The molecule has 0 aromatic heterocycles. The third-order valence-corrected chi connectivity index (χ3v) is 15.8. The van der Waals surface area contributed by atoms with Gasteiger partial charge in [-0.3, -0.25) is 0 Å². The second-order valence-corrected chi connectivity index (χ2v) is 17.5. The SMILES string of the molecule is Cc1cc[c]([Hg]([NH]NC(=S)N=N)[c]2ccc(C)cc2)cc1.Cl. The Hall–Kier alpha value is -0.885. The Balaban J connectivity index is 0.00000242. The molecular weight excluding hydrogens is 504 g/mol. The average Bonchev–Trinajstić information content (AvgIpc) is 2.50. The van der Waals surface area contributed by atoms with Crippen molar-refractivity contribution in [3.05, 3.63) is 59.7 Å². The number of benzene rings is 2. The summed E-state index contributed by atoms with van der Waals surface area (Å²) in [5, 5.41) is 3.39. The van der Waals surface area contributed by atoms with E-state index in [4.69, 9.17) is 17.7 Å². The van der Waals surface area contributed by atoms with E-state index in [9.17, 15) is 0 Å². The smallest absolute Gasteiger partial charge is 0.147 e. The molecule has 0 atom stereocenters. The predicted octanol–water partition coefficient (Wildman–Crippen LogP) is 2.62. The van der Waals surface area contributed by atoms with Gasteiger partial charge < -0.3 is 0 Å². The number of nitrogens with one attached hydrogen (secondary N) is 3. The van der Waals surface area contributed by atoms with Gasteiger partial charge in [0.25, 0.3) is 0 Å². The summed E-state index contributed by atoms with van der Waals surface area (Å²) >= 11 is 2.21. The van der Waals surface area contributed by atoms with Gasteiger partial charge in [-0.05, 0) is 0 Å². The third-order valence-electron chi connectivity index (χ3n) is 3.53. The molecular formula is C15H18ClHgN4S. The molecule has 0 radical (unpaired) electrons. The maximum atomic E-state index is 6.93. The zero-order valence-corrected chi connectivity index (χ0v) is 19.7. The summed E-state index contributed by atoms with van der Waals surface area (Å²) < 4.78 is 6.06. The van der Waals surface area contributed by atoms with E-state index >= 15 is 0 Å². The van der Waals surface area contributed by atoms with Crippen LogP contribution in [-0.4, -0.2) is 5.11 Å². The van der Waals surface area contributed by atoms with E-state index < -0.39 is 23.3 Å². The first-order chi connectivity index (χ1) is 10.1. The molecule has 0 aliphatic carbocycles. The van der Waals surface area contributed by atoms with Crippen LogP contribution in [0.3, 0.4) is 0 Å². The van der Waals surface area contributed by atoms with Crippen molar-refractivity contribution in [1.29, 1.82) is 5.53 Å². The summed E-state index contributed by atoms with van der Waals surface area (Å²) in [5.41, 5.74) is 12.3. The van der Waals surface area contributed by atoms with Gasteiger partial charge in [0.15, 0.2) is 0 Å². The number of rotatable bonds is 4. The Bertz CT molecular complexity index is 585. The molecule has 7 heteroatoms. The minimum absolute atomic E-state index is 0. The minimum atomic E-state index is -2.71. The first-order valence-electron chi connectivity index (χ1n) is 6.85. The van der Waals surface area contributed by atoms with Crippen LogP contribution in [0.4, 0.5) is 0 Å². The van der Waals surface area contributed by atoms with Gasteiger partial charge in [-0.25, -0.2) is 0 Å². The minimum Gasteiger partial charge on any atom is -0.147 e. The fourth-order valence-corrected chi connectivity index (χ4v) is 13.1. The first kappa shape index (κ1) is 19.2. The van der Waals surface area contributed by atoms with Crippen LogP contribution in [0.2, 0.25) is 0 Å².